The molecule has 0 bridgehead atoms. The van der Waals surface area contributed by atoms with Gasteiger partial charge in [0.2, 0.25) is 0 Å². The maximum Gasteiger partial charge on any atom is 0.0950 e. The first kappa shape index (κ1) is 17.8. The number of hydrogen-bond acceptors (Lipinski definition) is 3. The summed E-state index contributed by atoms with van der Waals surface area (Å²) in [5.74, 6) is 0. The second kappa shape index (κ2) is 8.22. The minimum Gasteiger partial charge on any atom is -0.337 e. The zero-order valence-electron chi connectivity index (χ0n) is 11.8. The minimum atomic E-state index is 0. The fourth-order valence-corrected chi connectivity index (χ4v) is 2.56. The van der Waals surface area contributed by atoms with Gasteiger partial charge in [-0.25, -0.2) is 9.97 Å². The van der Waals surface area contributed by atoms with Crippen molar-refractivity contribution in [3.8, 4) is 0 Å². The third-order valence-corrected chi connectivity index (χ3v) is 3.56. The van der Waals surface area contributed by atoms with Crippen molar-refractivity contribution in [1.82, 2.24) is 19.1 Å². The molecule has 0 spiro atoms. The largest absolute Gasteiger partial charge is 0.337 e. The molecule has 2 heterocycles. The lowest BCUT2D eigenvalue weighted by atomic mass is 10.1. The fraction of sp³-hybridized carbons (Fsp3) is 0.429. The highest BCUT2D eigenvalue weighted by atomic mass is 35.5. The summed E-state index contributed by atoms with van der Waals surface area (Å²) in [5.41, 5.74) is 8.51. The van der Waals surface area contributed by atoms with E-state index in [9.17, 15) is 0 Å². The van der Waals surface area contributed by atoms with E-state index >= 15 is 0 Å². The van der Waals surface area contributed by atoms with E-state index < -0.39 is 0 Å². The Bertz CT molecular complexity index is 562. The van der Waals surface area contributed by atoms with Gasteiger partial charge in [-0.1, -0.05) is 6.08 Å². The van der Waals surface area contributed by atoms with E-state index in [0.29, 0.717) is 0 Å². The molecule has 0 amide bonds. The van der Waals surface area contributed by atoms with E-state index in [1.165, 1.54) is 11.3 Å². The second-order valence-corrected chi connectivity index (χ2v) is 5.06. The van der Waals surface area contributed by atoms with Gasteiger partial charge in [0.1, 0.15) is 0 Å². The Morgan fingerprint density at radius 3 is 2.71 bits per heavy atom. The zero-order valence-corrected chi connectivity index (χ0v) is 13.4. The summed E-state index contributed by atoms with van der Waals surface area (Å²) in [6.07, 6.45) is 14.8. The van der Waals surface area contributed by atoms with Gasteiger partial charge in [-0.15, -0.1) is 24.8 Å². The number of nitrogens with zero attached hydrogens (tertiary/aromatic N) is 4. The standard InChI is InChI=1S/C14H19N5.2ClH/c15-13-3-2-12(8-13)14-9-17-11-19(14)6-1-5-18-7-4-16-10-18;;/h2,4,7,9-11,13H,1,3,5-6,8,15H2;2*1H. The lowest BCUT2D eigenvalue weighted by Crippen LogP contribution is -2.15. The van der Waals surface area contributed by atoms with Crippen LogP contribution in [0.5, 0.6) is 0 Å². The Morgan fingerprint density at radius 2 is 2.05 bits per heavy atom. The number of aromatic nitrogens is 4. The number of aryl methyl sites for hydroxylation is 2. The van der Waals surface area contributed by atoms with Gasteiger partial charge in [-0.05, 0) is 24.8 Å². The first-order chi connectivity index (χ1) is 9.33. The molecule has 2 aromatic rings. The molecule has 1 atom stereocenters. The number of hydrogen-bond donors (Lipinski definition) is 1. The van der Waals surface area contributed by atoms with Gasteiger partial charge in [-0.3, -0.25) is 0 Å². The molecule has 116 valence electrons. The van der Waals surface area contributed by atoms with E-state index in [4.69, 9.17) is 5.73 Å². The second-order valence-electron chi connectivity index (χ2n) is 5.06. The summed E-state index contributed by atoms with van der Waals surface area (Å²) < 4.78 is 4.32. The maximum absolute atomic E-state index is 5.95. The Kier molecular flexibility index (Phi) is 6.95. The van der Waals surface area contributed by atoms with Crippen LogP contribution in [0.25, 0.3) is 5.57 Å². The van der Waals surface area contributed by atoms with Crippen molar-refractivity contribution < 1.29 is 0 Å². The van der Waals surface area contributed by atoms with Crippen molar-refractivity contribution in [3.05, 3.63) is 43.0 Å². The van der Waals surface area contributed by atoms with Crippen LogP contribution in [-0.2, 0) is 13.1 Å². The lowest BCUT2D eigenvalue weighted by molar-refractivity contribution is 0.559. The van der Waals surface area contributed by atoms with Crippen LogP contribution in [0.2, 0.25) is 0 Å². The third-order valence-electron chi connectivity index (χ3n) is 3.56. The predicted molar refractivity (Wildman–Crippen MR) is 88.8 cm³/mol. The number of nitrogens with two attached hydrogens (primary N) is 1. The molecule has 1 aliphatic rings. The third kappa shape index (κ3) is 4.33. The number of imidazole rings is 2. The highest BCUT2D eigenvalue weighted by Gasteiger charge is 2.17. The quantitative estimate of drug-likeness (QED) is 0.916. The first-order valence-corrected chi connectivity index (χ1v) is 6.74. The molecule has 3 rings (SSSR count). The Labute approximate surface area is 137 Å². The monoisotopic (exact) mass is 329 g/mol. The normalized spacial score (nSPS) is 17.0. The van der Waals surface area contributed by atoms with Crippen molar-refractivity contribution in [3.63, 3.8) is 0 Å². The molecule has 5 nitrogen and oxygen atoms in total. The summed E-state index contributed by atoms with van der Waals surface area (Å²) in [5, 5.41) is 0. The van der Waals surface area contributed by atoms with Gasteiger partial charge in [0.05, 0.1) is 24.5 Å². The predicted octanol–water partition coefficient (Wildman–Crippen LogP) is 2.52. The highest BCUT2D eigenvalue weighted by molar-refractivity contribution is 5.85. The minimum absolute atomic E-state index is 0. The first-order valence-electron chi connectivity index (χ1n) is 6.74. The molecule has 0 aromatic carbocycles. The molecular formula is C14H21Cl2N5. The Balaban J connectivity index is 0.00000110. The summed E-state index contributed by atoms with van der Waals surface area (Å²) in [6.45, 7) is 1.95. The summed E-state index contributed by atoms with van der Waals surface area (Å²) >= 11 is 0. The van der Waals surface area contributed by atoms with Gasteiger partial charge in [-0.2, -0.15) is 0 Å². The Morgan fingerprint density at radius 1 is 1.19 bits per heavy atom. The van der Waals surface area contributed by atoms with Gasteiger partial charge >= 0.3 is 0 Å². The van der Waals surface area contributed by atoms with Crippen LogP contribution in [0.1, 0.15) is 25.0 Å². The summed E-state index contributed by atoms with van der Waals surface area (Å²) in [7, 11) is 0. The molecule has 21 heavy (non-hydrogen) atoms. The number of rotatable bonds is 5. The fourth-order valence-electron chi connectivity index (χ4n) is 2.56. The highest BCUT2D eigenvalue weighted by Crippen LogP contribution is 2.26. The molecule has 0 radical (unpaired) electrons. The van der Waals surface area contributed by atoms with Crippen molar-refractivity contribution in [2.75, 3.05) is 0 Å². The van der Waals surface area contributed by atoms with E-state index in [-0.39, 0.29) is 30.9 Å². The van der Waals surface area contributed by atoms with Gasteiger partial charge in [0.25, 0.3) is 0 Å². The molecule has 0 aliphatic heterocycles. The molecule has 0 fully saturated rings. The summed E-state index contributed by atoms with van der Waals surface area (Å²) in [6, 6.07) is 0.282. The average molecular weight is 330 g/mol. The van der Waals surface area contributed by atoms with Crippen LogP contribution in [0.3, 0.4) is 0 Å². The van der Waals surface area contributed by atoms with E-state index in [1.54, 1.807) is 0 Å². The molecule has 2 N–H and O–H groups in total. The Hall–Kier alpha value is -1.30. The zero-order chi connectivity index (χ0) is 13.1. The van der Waals surface area contributed by atoms with E-state index in [0.717, 1.165) is 32.4 Å². The molecule has 1 aliphatic carbocycles. The molecule has 1 unspecified atom stereocenters. The smallest absolute Gasteiger partial charge is 0.0950 e. The van der Waals surface area contributed by atoms with Crippen molar-refractivity contribution >= 4 is 30.4 Å². The van der Waals surface area contributed by atoms with Crippen LogP contribution in [-0.4, -0.2) is 25.1 Å². The van der Waals surface area contributed by atoms with Crippen LogP contribution >= 0.6 is 24.8 Å². The van der Waals surface area contributed by atoms with Crippen LogP contribution in [0, 0.1) is 0 Å². The molecule has 0 saturated carbocycles. The lowest BCUT2D eigenvalue weighted by Gasteiger charge is -2.10. The van der Waals surface area contributed by atoms with Crippen molar-refractivity contribution in [1.29, 1.82) is 0 Å². The van der Waals surface area contributed by atoms with E-state index in [1.807, 2.05) is 31.2 Å². The van der Waals surface area contributed by atoms with Gasteiger partial charge in [0, 0.05) is 31.5 Å². The molecule has 7 heteroatoms. The van der Waals surface area contributed by atoms with Crippen LogP contribution in [0.4, 0.5) is 0 Å². The SMILES string of the molecule is Cl.Cl.NC1CC=C(c2cncn2CCCn2ccnc2)C1. The van der Waals surface area contributed by atoms with Crippen LogP contribution < -0.4 is 5.73 Å². The molecule has 2 aromatic heterocycles. The number of halogens is 2. The van der Waals surface area contributed by atoms with Crippen LogP contribution in [0.15, 0.2) is 37.3 Å². The topological polar surface area (TPSA) is 61.7 Å². The van der Waals surface area contributed by atoms with Crippen molar-refractivity contribution in [2.45, 2.75) is 38.4 Å². The van der Waals surface area contributed by atoms with Crippen molar-refractivity contribution in [2.24, 2.45) is 5.73 Å². The average Bonchev–Trinajstić information content (AvgIpc) is 3.10. The summed E-state index contributed by atoms with van der Waals surface area (Å²) in [4.78, 5) is 8.32. The molecule has 0 saturated heterocycles. The van der Waals surface area contributed by atoms with Gasteiger partial charge < -0.3 is 14.9 Å². The van der Waals surface area contributed by atoms with E-state index in [2.05, 4.69) is 25.2 Å². The molecular weight excluding hydrogens is 309 g/mol. The van der Waals surface area contributed by atoms with Gasteiger partial charge in [0.15, 0.2) is 0 Å². The maximum atomic E-state index is 5.95.